The molecular weight excluding hydrogens is 470 g/mol. The average Bonchev–Trinajstić information content (AvgIpc) is 3.19. The van der Waals surface area contributed by atoms with Crippen molar-refractivity contribution < 1.29 is 27.1 Å². The van der Waals surface area contributed by atoms with E-state index in [1.54, 1.807) is 42.2 Å². The molecular formula is C26H29NO7S. The number of para-hydroxylation sites is 1. The number of benzene rings is 2. The average molecular weight is 500 g/mol. The standard InChI is InChI=1S/C26H29NO7S/c1-4-17(2)27(19-12-13-35(30,31)16-19)24(28)15-32-21-10-11-22-23(14-21)33-18(3)26(25(22)29)34-20-8-6-5-7-9-20/h5-11,14,17,19H,4,12-13,15-16H2,1-3H3/t17-,19-/m1/s1. The summed E-state index contributed by atoms with van der Waals surface area (Å²) in [7, 11) is -3.13. The molecule has 1 fully saturated rings. The van der Waals surface area contributed by atoms with Gasteiger partial charge in [0.2, 0.25) is 11.2 Å². The van der Waals surface area contributed by atoms with E-state index < -0.39 is 9.84 Å². The number of nitrogens with zero attached hydrogens (tertiary/aromatic N) is 1. The molecule has 0 N–H and O–H groups in total. The van der Waals surface area contributed by atoms with Crippen molar-refractivity contribution in [3.63, 3.8) is 0 Å². The number of sulfone groups is 1. The minimum atomic E-state index is -3.13. The number of carbonyl (C=O) groups excluding carboxylic acids is 1. The molecule has 1 amide bonds. The minimum absolute atomic E-state index is 0.0170. The maximum absolute atomic E-state index is 13.0. The van der Waals surface area contributed by atoms with Crippen LogP contribution in [0.15, 0.2) is 57.7 Å². The van der Waals surface area contributed by atoms with Crippen LogP contribution in [-0.2, 0) is 14.6 Å². The summed E-state index contributed by atoms with van der Waals surface area (Å²) in [4.78, 5) is 27.7. The lowest BCUT2D eigenvalue weighted by molar-refractivity contribution is -0.137. The van der Waals surface area contributed by atoms with Gasteiger partial charge in [-0.25, -0.2) is 8.42 Å². The second-order valence-corrected chi connectivity index (χ2v) is 11.0. The minimum Gasteiger partial charge on any atom is -0.484 e. The highest BCUT2D eigenvalue weighted by Crippen LogP contribution is 2.27. The highest BCUT2D eigenvalue weighted by atomic mass is 32.2. The fraction of sp³-hybridized carbons (Fsp3) is 0.385. The van der Waals surface area contributed by atoms with Gasteiger partial charge in [-0.3, -0.25) is 9.59 Å². The number of amides is 1. The molecule has 4 rings (SSSR count). The maximum Gasteiger partial charge on any atom is 0.261 e. The number of hydrogen-bond donors (Lipinski definition) is 0. The number of rotatable bonds is 8. The highest BCUT2D eigenvalue weighted by Gasteiger charge is 2.36. The summed E-state index contributed by atoms with van der Waals surface area (Å²) in [5.74, 6) is 1.14. The molecule has 2 atom stereocenters. The smallest absolute Gasteiger partial charge is 0.261 e. The summed E-state index contributed by atoms with van der Waals surface area (Å²) < 4.78 is 41.2. The first kappa shape index (κ1) is 24.8. The third-order valence-corrected chi connectivity index (χ3v) is 8.02. The first-order chi connectivity index (χ1) is 16.7. The Morgan fingerprint density at radius 1 is 1.17 bits per heavy atom. The van der Waals surface area contributed by atoms with Crippen LogP contribution in [0.2, 0.25) is 0 Å². The van der Waals surface area contributed by atoms with Gasteiger partial charge >= 0.3 is 0 Å². The van der Waals surface area contributed by atoms with E-state index in [0.29, 0.717) is 41.1 Å². The first-order valence-corrected chi connectivity index (χ1v) is 13.5. The Labute approximate surface area is 204 Å². The Hall–Kier alpha value is -3.33. The number of ether oxygens (including phenoxy) is 2. The van der Waals surface area contributed by atoms with Crippen LogP contribution in [0.4, 0.5) is 0 Å². The lowest BCUT2D eigenvalue weighted by Gasteiger charge is -2.33. The number of fused-ring (bicyclic) bond motifs is 1. The Morgan fingerprint density at radius 3 is 2.57 bits per heavy atom. The van der Waals surface area contributed by atoms with Crippen LogP contribution >= 0.6 is 0 Å². The summed E-state index contributed by atoms with van der Waals surface area (Å²) in [6.45, 7) is 5.27. The van der Waals surface area contributed by atoms with Gasteiger partial charge in [-0.05, 0) is 51.0 Å². The quantitative estimate of drug-likeness (QED) is 0.460. The molecule has 0 saturated carbocycles. The molecule has 3 aromatic rings. The van der Waals surface area contributed by atoms with Gasteiger partial charge in [0.05, 0.1) is 16.9 Å². The Kier molecular flexibility index (Phi) is 7.16. The van der Waals surface area contributed by atoms with Crippen molar-refractivity contribution in [1.82, 2.24) is 4.90 Å². The van der Waals surface area contributed by atoms with Crippen LogP contribution in [0.1, 0.15) is 32.4 Å². The first-order valence-electron chi connectivity index (χ1n) is 11.6. The van der Waals surface area contributed by atoms with Gasteiger partial charge < -0.3 is 18.8 Å². The molecule has 2 heterocycles. The van der Waals surface area contributed by atoms with E-state index in [4.69, 9.17) is 13.9 Å². The van der Waals surface area contributed by atoms with E-state index in [-0.39, 0.29) is 47.3 Å². The molecule has 0 spiro atoms. The third kappa shape index (κ3) is 5.51. The summed E-state index contributed by atoms with van der Waals surface area (Å²) in [6.07, 6.45) is 1.14. The van der Waals surface area contributed by atoms with Gasteiger partial charge in [-0.1, -0.05) is 25.1 Å². The van der Waals surface area contributed by atoms with Crippen LogP contribution in [0.25, 0.3) is 11.0 Å². The van der Waals surface area contributed by atoms with Crippen molar-refractivity contribution in [3.8, 4) is 17.2 Å². The molecule has 35 heavy (non-hydrogen) atoms. The van der Waals surface area contributed by atoms with Crippen molar-refractivity contribution in [3.05, 3.63) is 64.5 Å². The zero-order valence-corrected chi connectivity index (χ0v) is 20.8. The van der Waals surface area contributed by atoms with Crippen molar-refractivity contribution in [2.45, 2.75) is 45.7 Å². The summed E-state index contributed by atoms with van der Waals surface area (Å²) >= 11 is 0. The molecule has 1 saturated heterocycles. The Morgan fingerprint density at radius 2 is 1.91 bits per heavy atom. The van der Waals surface area contributed by atoms with E-state index in [0.717, 1.165) is 0 Å². The van der Waals surface area contributed by atoms with Crippen LogP contribution in [-0.4, -0.2) is 49.4 Å². The topological polar surface area (TPSA) is 103 Å². The summed E-state index contributed by atoms with van der Waals surface area (Å²) in [5, 5.41) is 0.331. The van der Waals surface area contributed by atoms with E-state index in [1.807, 2.05) is 32.0 Å². The molecule has 2 aromatic carbocycles. The van der Waals surface area contributed by atoms with Gasteiger partial charge in [0.15, 0.2) is 16.4 Å². The Balaban J connectivity index is 1.52. The van der Waals surface area contributed by atoms with Gasteiger partial charge in [-0.2, -0.15) is 0 Å². The molecule has 8 nitrogen and oxygen atoms in total. The van der Waals surface area contributed by atoms with E-state index in [1.165, 1.54) is 0 Å². The summed E-state index contributed by atoms with van der Waals surface area (Å²) in [5.41, 5.74) is 0.0131. The third-order valence-electron chi connectivity index (χ3n) is 6.27. The summed E-state index contributed by atoms with van der Waals surface area (Å²) in [6, 6.07) is 13.3. The second-order valence-electron chi connectivity index (χ2n) is 8.79. The zero-order chi connectivity index (χ0) is 25.2. The molecule has 186 valence electrons. The van der Waals surface area contributed by atoms with Gasteiger partial charge in [0, 0.05) is 18.2 Å². The Bertz CT molecular complexity index is 1380. The van der Waals surface area contributed by atoms with Gasteiger partial charge in [0.1, 0.15) is 22.8 Å². The second kappa shape index (κ2) is 10.1. The zero-order valence-electron chi connectivity index (χ0n) is 20.0. The number of aryl methyl sites for hydroxylation is 1. The number of carbonyl (C=O) groups is 1. The molecule has 0 radical (unpaired) electrons. The molecule has 1 aliphatic heterocycles. The normalized spacial score (nSPS) is 17.7. The fourth-order valence-electron chi connectivity index (χ4n) is 4.30. The van der Waals surface area contributed by atoms with Crippen LogP contribution in [0.3, 0.4) is 0 Å². The molecule has 1 aromatic heterocycles. The highest BCUT2D eigenvalue weighted by molar-refractivity contribution is 7.91. The molecule has 0 aliphatic carbocycles. The molecule has 9 heteroatoms. The van der Waals surface area contributed by atoms with Gasteiger partial charge in [0.25, 0.3) is 5.91 Å². The van der Waals surface area contributed by atoms with E-state index >= 15 is 0 Å². The van der Waals surface area contributed by atoms with Gasteiger partial charge in [-0.15, -0.1) is 0 Å². The van der Waals surface area contributed by atoms with Crippen LogP contribution in [0.5, 0.6) is 17.2 Å². The van der Waals surface area contributed by atoms with Crippen molar-refractivity contribution in [2.75, 3.05) is 18.1 Å². The maximum atomic E-state index is 13.0. The predicted molar refractivity (Wildman–Crippen MR) is 133 cm³/mol. The molecule has 1 aliphatic rings. The lowest BCUT2D eigenvalue weighted by Crippen LogP contribution is -2.48. The lowest BCUT2D eigenvalue weighted by atomic mass is 10.1. The number of hydrogen-bond acceptors (Lipinski definition) is 7. The van der Waals surface area contributed by atoms with Crippen molar-refractivity contribution in [2.24, 2.45) is 0 Å². The van der Waals surface area contributed by atoms with Crippen molar-refractivity contribution >= 4 is 26.7 Å². The molecule has 0 unspecified atom stereocenters. The SMILES string of the molecule is CC[C@@H](C)N(C(=O)COc1ccc2c(=O)c(Oc3ccccc3)c(C)oc2c1)[C@@H]1CCS(=O)(=O)C1. The largest absolute Gasteiger partial charge is 0.484 e. The van der Waals surface area contributed by atoms with Crippen LogP contribution in [0, 0.1) is 6.92 Å². The van der Waals surface area contributed by atoms with E-state index in [2.05, 4.69) is 0 Å². The monoisotopic (exact) mass is 499 g/mol. The fourth-order valence-corrected chi connectivity index (χ4v) is 6.01. The van der Waals surface area contributed by atoms with Crippen molar-refractivity contribution in [1.29, 1.82) is 0 Å². The van der Waals surface area contributed by atoms with Crippen LogP contribution < -0.4 is 14.9 Å². The predicted octanol–water partition coefficient (Wildman–Crippen LogP) is 4.09. The van der Waals surface area contributed by atoms with E-state index in [9.17, 15) is 18.0 Å². The molecule has 0 bridgehead atoms.